The fourth-order valence-electron chi connectivity index (χ4n) is 5.12. The Hall–Kier alpha value is -3.25. The van der Waals surface area contributed by atoms with E-state index in [0.29, 0.717) is 6.54 Å². The lowest BCUT2D eigenvalue weighted by Crippen LogP contribution is -2.55. The Labute approximate surface area is 195 Å². The van der Waals surface area contributed by atoms with Gasteiger partial charge < -0.3 is 24.5 Å². The minimum absolute atomic E-state index is 0.190. The summed E-state index contributed by atoms with van der Waals surface area (Å²) in [5, 5.41) is 12.9. The highest BCUT2D eigenvalue weighted by molar-refractivity contribution is 5.90. The molecular formula is C27H31N3O3. The van der Waals surface area contributed by atoms with Crippen molar-refractivity contribution in [3.05, 3.63) is 65.7 Å². The summed E-state index contributed by atoms with van der Waals surface area (Å²) in [7, 11) is 3.75. The zero-order valence-corrected chi connectivity index (χ0v) is 19.3. The van der Waals surface area contributed by atoms with E-state index in [4.69, 9.17) is 4.74 Å². The number of rotatable bonds is 4. The minimum Gasteiger partial charge on any atom is -0.508 e. The molecular weight excluding hydrogens is 414 g/mol. The molecule has 1 saturated heterocycles. The number of hydrogen-bond donors (Lipinski definition) is 1. The highest BCUT2D eigenvalue weighted by Crippen LogP contribution is 2.37. The molecule has 2 aliphatic heterocycles. The number of phenolic OH excluding ortho intramolecular Hbond substituents is 1. The van der Waals surface area contributed by atoms with Crippen molar-refractivity contribution in [3.8, 4) is 11.5 Å². The number of para-hydroxylation sites is 1. The predicted octanol–water partition coefficient (Wildman–Crippen LogP) is 3.65. The number of carbonyl (C=O) groups excluding carboxylic acids is 1. The molecule has 0 bridgehead atoms. The molecule has 0 spiro atoms. The van der Waals surface area contributed by atoms with Crippen molar-refractivity contribution in [2.75, 3.05) is 45.2 Å². The maximum atomic E-state index is 13.7. The molecule has 1 N–H and O–H groups in total. The van der Waals surface area contributed by atoms with E-state index in [1.165, 1.54) is 5.56 Å². The summed E-state index contributed by atoms with van der Waals surface area (Å²) in [5.74, 6) is 1.18. The number of fused-ring (bicyclic) bond motifs is 2. The van der Waals surface area contributed by atoms with Crippen LogP contribution in [0.4, 0.5) is 5.69 Å². The summed E-state index contributed by atoms with van der Waals surface area (Å²) in [4.78, 5) is 20.2. The van der Waals surface area contributed by atoms with Crippen LogP contribution in [0.5, 0.6) is 11.5 Å². The van der Waals surface area contributed by atoms with Gasteiger partial charge in [-0.25, -0.2) is 0 Å². The Morgan fingerprint density at radius 3 is 2.61 bits per heavy atom. The molecule has 1 amide bonds. The first kappa shape index (κ1) is 21.6. The number of amides is 1. The number of phenols is 1. The maximum absolute atomic E-state index is 13.7. The van der Waals surface area contributed by atoms with Gasteiger partial charge in [0.2, 0.25) is 5.91 Å². The molecule has 0 aromatic heterocycles. The van der Waals surface area contributed by atoms with Gasteiger partial charge in [0.05, 0.1) is 7.11 Å². The fraction of sp³-hybridized carbons (Fsp3) is 0.370. The fourth-order valence-corrected chi connectivity index (χ4v) is 5.12. The molecule has 0 radical (unpaired) electrons. The Balaban J connectivity index is 1.55. The van der Waals surface area contributed by atoms with E-state index in [1.54, 1.807) is 13.2 Å². The third-order valence-electron chi connectivity index (χ3n) is 7.11. The topological polar surface area (TPSA) is 56.3 Å². The summed E-state index contributed by atoms with van der Waals surface area (Å²) in [6.07, 6.45) is 1.66. The van der Waals surface area contributed by atoms with Crippen LogP contribution in [0.2, 0.25) is 0 Å². The molecule has 5 rings (SSSR count). The number of ether oxygens (including phenoxy) is 1. The van der Waals surface area contributed by atoms with Gasteiger partial charge in [0.1, 0.15) is 17.5 Å². The molecule has 3 aromatic rings. The van der Waals surface area contributed by atoms with Crippen LogP contribution >= 0.6 is 0 Å². The average Bonchev–Trinajstić information content (AvgIpc) is 2.85. The van der Waals surface area contributed by atoms with E-state index in [2.05, 4.69) is 35.0 Å². The smallest absolute Gasteiger partial charge is 0.245 e. The lowest BCUT2D eigenvalue weighted by Gasteiger charge is -2.42. The summed E-state index contributed by atoms with van der Waals surface area (Å²) in [6.45, 7) is 3.78. The first-order valence-corrected chi connectivity index (χ1v) is 11.7. The van der Waals surface area contributed by atoms with Gasteiger partial charge in [0.15, 0.2) is 0 Å². The summed E-state index contributed by atoms with van der Waals surface area (Å²) >= 11 is 0. The largest absolute Gasteiger partial charge is 0.508 e. The number of nitrogens with zero attached hydrogens (tertiary/aromatic N) is 3. The zero-order valence-electron chi connectivity index (χ0n) is 19.3. The standard InChI is InChI=1S/C27H31N3O3/c1-28-13-15-29(16-14-28)27(32)25-11-8-20-5-3-4-6-24(20)30(25)18-23-22-17-21(33-2)10-7-19(22)9-12-26(23)31/h3-7,9-10,12,17,25,31H,8,11,13-16,18H2,1-2H3/t25-/m1/s1. The van der Waals surface area contributed by atoms with Crippen molar-refractivity contribution in [2.24, 2.45) is 0 Å². The van der Waals surface area contributed by atoms with E-state index in [-0.39, 0.29) is 17.7 Å². The third-order valence-corrected chi connectivity index (χ3v) is 7.11. The first-order valence-electron chi connectivity index (χ1n) is 11.7. The molecule has 1 fully saturated rings. The molecule has 0 aliphatic carbocycles. The van der Waals surface area contributed by atoms with Crippen LogP contribution in [-0.2, 0) is 17.8 Å². The number of anilines is 1. The second kappa shape index (κ2) is 8.94. The normalized spacial score (nSPS) is 18.9. The molecule has 0 saturated carbocycles. The van der Waals surface area contributed by atoms with E-state index >= 15 is 0 Å². The van der Waals surface area contributed by atoms with Gasteiger partial charge in [-0.2, -0.15) is 0 Å². The molecule has 33 heavy (non-hydrogen) atoms. The van der Waals surface area contributed by atoms with Crippen LogP contribution in [0.25, 0.3) is 10.8 Å². The molecule has 6 heteroatoms. The SMILES string of the molecule is COc1ccc2ccc(O)c(CN3c4ccccc4CC[C@@H]3C(=O)N3CCN(C)CC3)c2c1. The lowest BCUT2D eigenvalue weighted by molar-refractivity contribution is -0.134. The zero-order chi connectivity index (χ0) is 22.9. The molecule has 3 aromatic carbocycles. The lowest BCUT2D eigenvalue weighted by atomic mass is 9.93. The number of carbonyl (C=O) groups is 1. The van der Waals surface area contributed by atoms with E-state index < -0.39 is 0 Å². The molecule has 6 nitrogen and oxygen atoms in total. The number of methoxy groups -OCH3 is 1. The Morgan fingerprint density at radius 1 is 1.06 bits per heavy atom. The van der Waals surface area contributed by atoms with Crippen molar-refractivity contribution in [1.29, 1.82) is 0 Å². The number of benzene rings is 3. The van der Waals surface area contributed by atoms with Gasteiger partial charge in [0, 0.05) is 44.0 Å². The first-order chi connectivity index (χ1) is 16.0. The monoisotopic (exact) mass is 445 g/mol. The van der Waals surface area contributed by atoms with Crippen LogP contribution in [0.1, 0.15) is 17.5 Å². The predicted molar refractivity (Wildman–Crippen MR) is 131 cm³/mol. The van der Waals surface area contributed by atoms with Crippen molar-refractivity contribution >= 4 is 22.4 Å². The summed E-state index contributed by atoms with van der Waals surface area (Å²) < 4.78 is 5.45. The second-order valence-corrected chi connectivity index (χ2v) is 9.09. The Bertz CT molecular complexity index is 1170. The number of aromatic hydroxyl groups is 1. The summed E-state index contributed by atoms with van der Waals surface area (Å²) in [6, 6.07) is 17.7. The van der Waals surface area contributed by atoms with E-state index in [9.17, 15) is 9.90 Å². The van der Waals surface area contributed by atoms with Gasteiger partial charge >= 0.3 is 0 Å². The number of aryl methyl sites for hydroxylation is 1. The van der Waals surface area contributed by atoms with Crippen LogP contribution < -0.4 is 9.64 Å². The van der Waals surface area contributed by atoms with Crippen LogP contribution in [0.15, 0.2) is 54.6 Å². The summed E-state index contributed by atoms with van der Waals surface area (Å²) in [5.41, 5.74) is 3.15. The van der Waals surface area contributed by atoms with E-state index in [1.807, 2.05) is 35.2 Å². The molecule has 1 atom stereocenters. The highest BCUT2D eigenvalue weighted by Gasteiger charge is 2.35. The van der Waals surface area contributed by atoms with Crippen molar-refractivity contribution in [2.45, 2.75) is 25.4 Å². The molecule has 0 unspecified atom stereocenters. The number of likely N-dealkylation sites (N-methyl/N-ethyl adjacent to an activating group) is 1. The van der Waals surface area contributed by atoms with Crippen molar-refractivity contribution in [3.63, 3.8) is 0 Å². The highest BCUT2D eigenvalue weighted by atomic mass is 16.5. The maximum Gasteiger partial charge on any atom is 0.245 e. The minimum atomic E-state index is -0.247. The van der Waals surface area contributed by atoms with Crippen LogP contribution in [0, 0.1) is 0 Å². The number of piperazine rings is 1. The van der Waals surface area contributed by atoms with Crippen LogP contribution in [-0.4, -0.2) is 67.2 Å². The Morgan fingerprint density at radius 2 is 1.82 bits per heavy atom. The number of hydrogen-bond acceptors (Lipinski definition) is 5. The second-order valence-electron chi connectivity index (χ2n) is 9.09. The van der Waals surface area contributed by atoms with Crippen molar-refractivity contribution < 1.29 is 14.6 Å². The molecule has 2 aliphatic rings. The Kier molecular flexibility index (Phi) is 5.85. The quantitative estimate of drug-likeness (QED) is 0.664. The van der Waals surface area contributed by atoms with Gasteiger partial charge in [-0.3, -0.25) is 4.79 Å². The van der Waals surface area contributed by atoms with Gasteiger partial charge in [-0.05, 0) is 60.5 Å². The average molecular weight is 446 g/mol. The van der Waals surface area contributed by atoms with Gasteiger partial charge in [-0.15, -0.1) is 0 Å². The third kappa shape index (κ3) is 4.11. The van der Waals surface area contributed by atoms with Crippen molar-refractivity contribution in [1.82, 2.24) is 9.80 Å². The van der Waals surface area contributed by atoms with Gasteiger partial charge in [0.25, 0.3) is 0 Å². The van der Waals surface area contributed by atoms with Gasteiger partial charge in [-0.1, -0.05) is 30.3 Å². The van der Waals surface area contributed by atoms with E-state index in [0.717, 1.165) is 66.8 Å². The molecule has 2 heterocycles. The molecule has 172 valence electrons. The van der Waals surface area contributed by atoms with Crippen LogP contribution in [0.3, 0.4) is 0 Å².